The van der Waals surface area contributed by atoms with Gasteiger partial charge in [0.2, 0.25) is 0 Å². The number of nitrogens with one attached hydrogen (secondary N) is 1. The Bertz CT molecular complexity index is 607. The average molecular weight is 295 g/mol. The van der Waals surface area contributed by atoms with Crippen LogP contribution in [0.3, 0.4) is 0 Å². The lowest BCUT2D eigenvalue weighted by Crippen LogP contribution is -2.45. The molecule has 0 saturated heterocycles. The second-order valence-electron chi connectivity index (χ2n) is 6.45. The van der Waals surface area contributed by atoms with E-state index in [2.05, 4.69) is 79.6 Å². The lowest BCUT2D eigenvalue weighted by Gasteiger charge is -2.20. The van der Waals surface area contributed by atoms with E-state index in [1.807, 2.05) is 6.07 Å². The molecule has 0 spiro atoms. The Kier molecular flexibility index (Phi) is 5.21. The molecule has 0 fully saturated rings. The van der Waals surface area contributed by atoms with Gasteiger partial charge in [-0.25, -0.2) is 0 Å². The zero-order valence-corrected chi connectivity index (χ0v) is 13.6. The Morgan fingerprint density at radius 1 is 0.955 bits per heavy atom. The minimum Gasteiger partial charge on any atom is -0.370 e. The minimum atomic E-state index is -0.0507. The van der Waals surface area contributed by atoms with Crippen LogP contribution < -0.4 is 11.1 Å². The maximum atomic E-state index is 5.86. The van der Waals surface area contributed by atoms with Gasteiger partial charge >= 0.3 is 0 Å². The smallest absolute Gasteiger partial charge is 0.188 e. The zero-order chi connectivity index (χ0) is 16.0. The van der Waals surface area contributed by atoms with Crippen LogP contribution >= 0.6 is 0 Å². The molecule has 0 amide bonds. The maximum absolute atomic E-state index is 5.86. The molecule has 0 unspecified atom stereocenters. The predicted octanol–water partition coefficient (Wildman–Crippen LogP) is 3.60. The van der Waals surface area contributed by atoms with Gasteiger partial charge in [-0.2, -0.15) is 0 Å². The number of rotatable bonds is 4. The van der Waals surface area contributed by atoms with Gasteiger partial charge in [-0.15, -0.1) is 0 Å². The third-order valence-corrected chi connectivity index (χ3v) is 3.25. The third-order valence-electron chi connectivity index (χ3n) is 3.25. The van der Waals surface area contributed by atoms with Crippen molar-refractivity contribution in [3.05, 3.63) is 60.2 Å². The molecule has 0 saturated carbocycles. The number of benzene rings is 2. The molecule has 2 aromatic rings. The molecule has 0 bridgehead atoms. The average Bonchev–Trinajstić information content (AvgIpc) is 2.47. The highest BCUT2D eigenvalue weighted by Gasteiger charge is 2.09. The van der Waals surface area contributed by atoms with Crippen LogP contribution in [0.15, 0.2) is 59.6 Å². The van der Waals surface area contributed by atoms with Crippen LogP contribution in [0.25, 0.3) is 11.1 Å². The number of nitrogens with zero attached hydrogens (tertiary/aromatic N) is 1. The van der Waals surface area contributed by atoms with Gasteiger partial charge in [0.25, 0.3) is 0 Å². The summed E-state index contributed by atoms with van der Waals surface area (Å²) in [6.45, 7) is 6.90. The van der Waals surface area contributed by atoms with E-state index in [-0.39, 0.29) is 5.54 Å². The summed E-state index contributed by atoms with van der Waals surface area (Å²) in [7, 11) is 0. The minimum absolute atomic E-state index is 0.0507. The number of aliphatic imine (C=N–C) groups is 1. The highest BCUT2D eigenvalue weighted by atomic mass is 15.1. The molecule has 0 aliphatic carbocycles. The highest BCUT2D eigenvalue weighted by Crippen LogP contribution is 2.19. The SMILES string of the molecule is CC(C)(C)NC(N)=NCCc1ccc(-c2ccccc2)cc1. The van der Waals surface area contributed by atoms with Crippen molar-refractivity contribution in [2.75, 3.05) is 6.54 Å². The van der Waals surface area contributed by atoms with Crippen molar-refractivity contribution in [1.82, 2.24) is 5.32 Å². The van der Waals surface area contributed by atoms with Gasteiger partial charge in [-0.1, -0.05) is 54.6 Å². The Morgan fingerprint density at radius 2 is 1.55 bits per heavy atom. The van der Waals surface area contributed by atoms with Gasteiger partial charge in [-0.3, -0.25) is 4.99 Å². The highest BCUT2D eigenvalue weighted by molar-refractivity contribution is 5.78. The Hall–Kier alpha value is -2.29. The van der Waals surface area contributed by atoms with Crippen LogP contribution in [0.1, 0.15) is 26.3 Å². The normalized spacial score (nSPS) is 12.2. The molecular formula is C19H25N3. The van der Waals surface area contributed by atoms with Crippen LogP contribution in [0.4, 0.5) is 0 Å². The van der Waals surface area contributed by atoms with Crippen molar-refractivity contribution < 1.29 is 0 Å². The van der Waals surface area contributed by atoms with Gasteiger partial charge in [0, 0.05) is 12.1 Å². The zero-order valence-electron chi connectivity index (χ0n) is 13.6. The first-order valence-electron chi connectivity index (χ1n) is 7.66. The van der Waals surface area contributed by atoms with Crippen molar-refractivity contribution in [1.29, 1.82) is 0 Å². The standard InChI is InChI=1S/C19H25N3/c1-19(2,3)22-18(20)21-14-13-15-9-11-17(12-10-15)16-7-5-4-6-8-16/h4-12H,13-14H2,1-3H3,(H3,20,21,22). The molecule has 2 aromatic carbocycles. The van der Waals surface area contributed by atoms with E-state index in [9.17, 15) is 0 Å². The van der Waals surface area contributed by atoms with Crippen molar-refractivity contribution >= 4 is 5.96 Å². The van der Waals surface area contributed by atoms with Crippen LogP contribution in [0.2, 0.25) is 0 Å². The van der Waals surface area contributed by atoms with E-state index in [0.29, 0.717) is 12.5 Å². The maximum Gasteiger partial charge on any atom is 0.188 e. The van der Waals surface area contributed by atoms with E-state index < -0.39 is 0 Å². The Balaban J connectivity index is 1.91. The fourth-order valence-corrected chi connectivity index (χ4v) is 2.22. The lowest BCUT2D eigenvalue weighted by atomic mass is 10.0. The van der Waals surface area contributed by atoms with Crippen LogP contribution in [-0.2, 0) is 6.42 Å². The molecule has 0 aromatic heterocycles. The topological polar surface area (TPSA) is 50.4 Å². The molecule has 22 heavy (non-hydrogen) atoms. The van der Waals surface area contributed by atoms with Gasteiger partial charge in [0.05, 0.1) is 0 Å². The van der Waals surface area contributed by atoms with Crippen LogP contribution in [0.5, 0.6) is 0 Å². The summed E-state index contributed by atoms with van der Waals surface area (Å²) in [6, 6.07) is 19.0. The van der Waals surface area contributed by atoms with Gasteiger partial charge in [0.15, 0.2) is 5.96 Å². The fraction of sp³-hybridized carbons (Fsp3) is 0.316. The lowest BCUT2D eigenvalue weighted by molar-refractivity contribution is 0.508. The van der Waals surface area contributed by atoms with Crippen LogP contribution in [-0.4, -0.2) is 18.0 Å². The first kappa shape index (κ1) is 16.1. The molecular weight excluding hydrogens is 270 g/mol. The number of hydrogen-bond donors (Lipinski definition) is 2. The molecule has 0 heterocycles. The Morgan fingerprint density at radius 3 is 2.14 bits per heavy atom. The quantitative estimate of drug-likeness (QED) is 0.669. The van der Waals surface area contributed by atoms with Crippen LogP contribution in [0, 0.1) is 0 Å². The summed E-state index contributed by atoms with van der Waals surface area (Å²) in [5, 5.41) is 3.16. The van der Waals surface area contributed by atoms with Gasteiger partial charge in [0.1, 0.15) is 0 Å². The first-order valence-corrected chi connectivity index (χ1v) is 7.66. The van der Waals surface area contributed by atoms with E-state index >= 15 is 0 Å². The third kappa shape index (κ3) is 5.24. The molecule has 0 radical (unpaired) electrons. The molecule has 0 atom stereocenters. The van der Waals surface area contributed by atoms with Gasteiger partial charge < -0.3 is 11.1 Å². The number of hydrogen-bond acceptors (Lipinski definition) is 1. The van der Waals surface area contributed by atoms with E-state index in [4.69, 9.17) is 5.73 Å². The van der Waals surface area contributed by atoms with Crippen molar-refractivity contribution in [3.8, 4) is 11.1 Å². The summed E-state index contributed by atoms with van der Waals surface area (Å²) in [4.78, 5) is 4.37. The molecule has 3 N–H and O–H groups in total. The molecule has 0 aliphatic heterocycles. The molecule has 0 aliphatic rings. The first-order chi connectivity index (χ1) is 10.4. The number of nitrogens with two attached hydrogens (primary N) is 1. The van der Waals surface area contributed by atoms with Crippen molar-refractivity contribution in [2.45, 2.75) is 32.7 Å². The second-order valence-corrected chi connectivity index (χ2v) is 6.45. The summed E-state index contributed by atoms with van der Waals surface area (Å²) in [5.74, 6) is 0.508. The van der Waals surface area contributed by atoms with Gasteiger partial charge in [-0.05, 0) is 43.9 Å². The van der Waals surface area contributed by atoms with Crippen molar-refractivity contribution in [3.63, 3.8) is 0 Å². The largest absolute Gasteiger partial charge is 0.370 e. The second kappa shape index (κ2) is 7.12. The van der Waals surface area contributed by atoms with Crippen molar-refractivity contribution in [2.24, 2.45) is 10.7 Å². The van der Waals surface area contributed by atoms with E-state index in [1.165, 1.54) is 16.7 Å². The summed E-state index contributed by atoms with van der Waals surface area (Å²) >= 11 is 0. The summed E-state index contributed by atoms with van der Waals surface area (Å²) in [5.41, 5.74) is 9.56. The van der Waals surface area contributed by atoms with E-state index in [0.717, 1.165) is 6.42 Å². The molecule has 2 rings (SSSR count). The summed E-state index contributed by atoms with van der Waals surface area (Å²) < 4.78 is 0. The molecule has 116 valence electrons. The Labute approximate surface area is 133 Å². The predicted molar refractivity (Wildman–Crippen MR) is 95.0 cm³/mol. The monoisotopic (exact) mass is 295 g/mol. The molecule has 3 nitrogen and oxygen atoms in total. The number of guanidine groups is 1. The summed E-state index contributed by atoms with van der Waals surface area (Å²) in [6.07, 6.45) is 0.890. The molecule has 3 heteroatoms. The fourth-order valence-electron chi connectivity index (χ4n) is 2.22. The van der Waals surface area contributed by atoms with E-state index in [1.54, 1.807) is 0 Å².